The van der Waals surface area contributed by atoms with E-state index in [1.165, 1.54) is 6.08 Å². The van der Waals surface area contributed by atoms with Gasteiger partial charge in [0.25, 0.3) is 5.89 Å². The third kappa shape index (κ3) is 4.06. The molecule has 0 amide bonds. The van der Waals surface area contributed by atoms with Crippen LogP contribution in [0.5, 0.6) is 5.75 Å². The fourth-order valence-electron chi connectivity index (χ4n) is 1.59. The summed E-state index contributed by atoms with van der Waals surface area (Å²) in [7, 11) is 0. The second-order valence-electron chi connectivity index (χ2n) is 4.05. The van der Waals surface area contributed by atoms with Crippen LogP contribution in [0.3, 0.4) is 0 Å². The van der Waals surface area contributed by atoms with Crippen molar-refractivity contribution in [2.24, 2.45) is 0 Å². The first-order valence-electron chi connectivity index (χ1n) is 6.23. The number of nitrogens with zero attached hydrogens (tertiary/aromatic N) is 2. The molecule has 0 fully saturated rings. The summed E-state index contributed by atoms with van der Waals surface area (Å²) >= 11 is 6.05. The van der Waals surface area contributed by atoms with Crippen LogP contribution in [0, 0.1) is 0 Å². The summed E-state index contributed by atoms with van der Waals surface area (Å²) in [6.07, 6.45) is 3.03. The van der Waals surface area contributed by atoms with Crippen molar-refractivity contribution in [3.63, 3.8) is 0 Å². The molecule has 1 aromatic carbocycles. The number of aryl methyl sites for hydroxylation is 1. The Morgan fingerprint density at radius 3 is 2.86 bits per heavy atom. The van der Waals surface area contributed by atoms with Gasteiger partial charge >= 0.3 is 5.97 Å². The SMILES string of the molecule is CCc1nnc(COc2cccc(Cl)c2/C=C/C(=O)O)o1. The van der Waals surface area contributed by atoms with E-state index >= 15 is 0 Å². The maximum absolute atomic E-state index is 10.6. The zero-order valence-corrected chi connectivity index (χ0v) is 12.0. The lowest BCUT2D eigenvalue weighted by Crippen LogP contribution is -1.98. The van der Waals surface area contributed by atoms with Crippen LogP contribution in [0.4, 0.5) is 0 Å². The number of carboxylic acids is 1. The van der Waals surface area contributed by atoms with Crippen molar-refractivity contribution in [2.45, 2.75) is 20.0 Å². The number of ether oxygens (including phenoxy) is 1. The number of rotatable bonds is 6. The Bertz CT molecular complexity index is 667. The van der Waals surface area contributed by atoms with Crippen LogP contribution in [-0.2, 0) is 17.8 Å². The van der Waals surface area contributed by atoms with E-state index in [-0.39, 0.29) is 6.61 Å². The molecule has 0 radical (unpaired) electrons. The first-order valence-corrected chi connectivity index (χ1v) is 6.61. The minimum atomic E-state index is -1.06. The quantitative estimate of drug-likeness (QED) is 0.826. The van der Waals surface area contributed by atoms with Crippen molar-refractivity contribution < 1.29 is 19.1 Å². The van der Waals surface area contributed by atoms with Crippen LogP contribution in [-0.4, -0.2) is 21.3 Å². The van der Waals surface area contributed by atoms with Gasteiger partial charge in [0.2, 0.25) is 5.89 Å². The minimum absolute atomic E-state index is 0.0846. The highest BCUT2D eigenvalue weighted by atomic mass is 35.5. The Morgan fingerprint density at radius 1 is 1.43 bits per heavy atom. The maximum atomic E-state index is 10.6. The second-order valence-corrected chi connectivity index (χ2v) is 4.46. The van der Waals surface area contributed by atoms with Gasteiger partial charge in [-0.3, -0.25) is 0 Å². The number of hydrogen-bond donors (Lipinski definition) is 1. The largest absolute Gasteiger partial charge is 0.483 e. The zero-order valence-electron chi connectivity index (χ0n) is 11.2. The van der Waals surface area contributed by atoms with Crippen molar-refractivity contribution in [2.75, 3.05) is 0 Å². The molecular formula is C14H13ClN2O4. The first kappa shape index (κ1) is 15.1. The molecule has 1 aromatic heterocycles. The van der Waals surface area contributed by atoms with Gasteiger partial charge in [-0.2, -0.15) is 0 Å². The van der Waals surface area contributed by atoms with Crippen LogP contribution in [0.1, 0.15) is 24.3 Å². The van der Waals surface area contributed by atoms with E-state index in [4.69, 9.17) is 25.9 Å². The molecular weight excluding hydrogens is 296 g/mol. The standard InChI is InChI=1S/C14H13ClN2O4/c1-2-12-16-17-13(21-12)8-20-11-5-3-4-10(15)9(11)6-7-14(18)19/h3-7H,2,8H2,1H3,(H,18,19)/b7-6+. The second kappa shape index (κ2) is 6.90. The van der Waals surface area contributed by atoms with E-state index < -0.39 is 5.97 Å². The molecule has 6 nitrogen and oxygen atoms in total. The normalized spacial score (nSPS) is 11.0. The molecule has 1 N–H and O–H groups in total. The van der Waals surface area contributed by atoms with Crippen molar-refractivity contribution in [1.29, 1.82) is 0 Å². The molecule has 1 heterocycles. The number of hydrogen-bond acceptors (Lipinski definition) is 5. The lowest BCUT2D eigenvalue weighted by atomic mass is 10.2. The number of carboxylic acid groups (broad SMARTS) is 1. The molecule has 7 heteroatoms. The van der Waals surface area contributed by atoms with Crippen molar-refractivity contribution in [1.82, 2.24) is 10.2 Å². The number of benzene rings is 1. The zero-order chi connectivity index (χ0) is 15.2. The predicted octanol–water partition coefficient (Wildman–Crippen LogP) is 2.96. The van der Waals surface area contributed by atoms with Crippen LogP contribution < -0.4 is 4.74 Å². The van der Waals surface area contributed by atoms with Gasteiger partial charge in [0.05, 0.1) is 5.02 Å². The predicted molar refractivity (Wildman–Crippen MR) is 76.1 cm³/mol. The Labute approximate surface area is 126 Å². The van der Waals surface area contributed by atoms with Crippen LogP contribution >= 0.6 is 11.6 Å². The molecule has 0 unspecified atom stereocenters. The summed E-state index contributed by atoms with van der Waals surface area (Å²) in [5.74, 6) is 0.257. The molecule has 2 aromatic rings. The Hall–Kier alpha value is -2.34. The van der Waals surface area contributed by atoms with Gasteiger partial charge in [-0.05, 0) is 18.2 Å². The third-order valence-corrected chi connectivity index (χ3v) is 2.90. The lowest BCUT2D eigenvalue weighted by Gasteiger charge is -2.08. The summed E-state index contributed by atoms with van der Waals surface area (Å²) in [6.45, 7) is 1.99. The molecule has 0 aliphatic heterocycles. The average Bonchev–Trinajstić information content (AvgIpc) is 2.92. The summed E-state index contributed by atoms with van der Waals surface area (Å²) in [5, 5.41) is 16.8. The number of aromatic nitrogens is 2. The van der Waals surface area contributed by atoms with E-state index in [0.29, 0.717) is 34.5 Å². The monoisotopic (exact) mass is 308 g/mol. The van der Waals surface area contributed by atoms with E-state index in [9.17, 15) is 4.79 Å². The van der Waals surface area contributed by atoms with Gasteiger partial charge < -0.3 is 14.3 Å². The fraction of sp³-hybridized carbons (Fsp3) is 0.214. The third-order valence-electron chi connectivity index (χ3n) is 2.57. The Morgan fingerprint density at radius 2 is 2.19 bits per heavy atom. The number of carbonyl (C=O) groups is 1. The fourth-order valence-corrected chi connectivity index (χ4v) is 1.82. The summed E-state index contributed by atoms with van der Waals surface area (Å²) < 4.78 is 10.9. The molecule has 110 valence electrons. The smallest absolute Gasteiger partial charge is 0.328 e. The van der Waals surface area contributed by atoms with E-state index in [0.717, 1.165) is 6.08 Å². The van der Waals surface area contributed by atoms with Crippen LogP contribution in [0.2, 0.25) is 5.02 Å². The summed E-state index contributed by atoms with van der Waals surface area (Å²) in [6, 6.07) is 5.05. The number of aliphatic carboxylic acids is 1. The van der Waals surface area contributed by atoms with Crippen LogP contribution in [0.15, 0.2) is 28.7 Å². The summed E-state index contributed by atoms with van der Waals surface area (Å²) in [4.78, 5) is 10.6. The van der Waals surface area contributed by atoms with Crippen molar-refractivity contribution in [3.05, 3.63) is 46.6 Å². The molecule has 0 aliphatic rings. The van der Waals surface area contributed by atoms with E-state index in [1.54, 1.807) is 18.2 Å². The number of halogens is 1. The topological polar surface area (TPSA) is 85.5 Å². The molecule has 0 bridgehead atoms. The highest BCUT2D eigenvalue weighted by Crippen LogP contribution is 2.28. The average molecular weight is 309 g/mol. The molecule has 0 saturated carbocycles. The highest BCUT2D eigenvalue weighted by Gasteiger charge is 2.09. The maximum Gasteiger partial charge on any atom is 0.328 e. The molecule has 0 spiro atoms. The lowest BCUT2D eigenvalue weighted by molar-refractivity contribution is -0.131. The van der Waals surface area contributed by atoms with Gasteiger partial charge in [0.1, 0.15) is 5.75 Å². The first-order chi connectivity index (χ1) is 10.1. The molecule has 2 rings (SSSR count). The minimum Gasteiger partial charge on any atom is -0.483 e. The van der Waals surface area contributed by atoms with Crippen molar-refractivity contribution >= 4 is 23.6 Å². The Balaban J connectivity index is 2.15. The Kier molecular flexibility index (Phi) is 4.94. The molecule has 0 saturated heterocycles. The van der Waals surface area contributed by atoms with Gasteiger partial charge in [-0.15, -0.1) is 10.2 Å². The van der Waals surface area contributed by atoms with Crippen molar-refractivity contribution in [3.8, 4) is 5.75 Å². The van der Waals surface area contributed by atoms with Gasteiger partial charge in [0.15, 0.2) is 6.61 Å². The van der Waals surface area contributed by atoms with Crippen LogP contribution in [0.25, 0.3) is 6.08 Å². The van der Waals surface area contributed by atoms with E-state index in [1.807, 2.05) is 6.92 Å². The van der Waals surface area contributed by atoms with Gasteiger partial charge in [0, 0.05) is 18.1 Å². The highest BCUT2D eigenvalue weighted by molar-refractivity contribution is 6.32. The summed E-state index contributed by atoms with van der Waals surface area (Å²) in [5.41, 5.74) is 0.483. The molecule has 0 aliphatic carbocycles. The van der Waals surface area contributed by atoms with E-state index in [2.05, 4.69) is 10.2 Å². The molecule has 0 atom stereocenters. The van der Waals surface area contributed by atoms with Gasteiger partial charge in [-0.25, -0.2) is 4.79 Å². The molecule has 21 heavy (non-hydrogen) atoms. The van der Waals surface area contributed by atoms with Gasteiger partial charge in [-0.1, -0.05) is 24.6 Å².